The van der Waals surface area contributed by atoms with Crippen LogP contribution in [0, 0.1) is 0 Å². The Labute approximate surface area is 166 Å². The Balaban J connectivity index is 1.44. The van der Waals surface area contributed by atoms with Crippen molar-refractivity contribution in [2.24, 2.45) is 5.73 Å². The van der Waals surface area contributed by atoms with E-state index in [1.165, 1.54) is 5.69 Å². The van der Waals surface area contributed by atoms with E-state index in [2.05, 4.69) is 49.3 Å². The summed E-state index contributed by atoms with van der Waals surface area (Å²) in [5.41, 5.74) is 10.4. The lowest BCUT2D eigenvalue weighted by atomic mass is 10.1. The molecule has 1 saturated heterocycles. The fourth-order valence-electron chi connectivity index (χ4n) is 3.61. The Kier molecular flexibility index (Phi) is 4.25. The summed E-state index contributed by atoms with van der Waals surface area (Å²) in [6.45, 7) is 3.35. The van der Waals surface area contributed by atoms with Crippen molar-refractivity contribution in [3.63, 3.8) is 0 Å². The third-order valence-electron chi connectivity index (χ3n) is 5.20. The van der Waals surface area contributed by atoms with Gasteiger partial charge in [0.05, 0.1) is 30.6 Å². The molecule has 1 aliphatic heterocycles. The zero-order valence-corrected chi connectivity index (χ0v) is 15.7. The lowest BCUT2D eigenvalue weighted by molar-refractivity contribution is 0.100. The van der Waals surface area contributed by atoms with Gasteiger partial charge in [-0.25, -0.2) is 4.98 Å². The van der Waals surface area contributed by atoms with Crippen LogP contribution in [0.3, 0.4) is 0 Å². The van der Waals surface area contributed by atoms with Crippen LogP contribution in [0.25, 0.3) is 33.7 Å². The summed E-state index contributed by atoms with van der Waals surface area (Å²) in [7, 11) is 0. The first-order chi connectivity index (χ1) is 14.2. The van der Waals surface area contributed by atoms with Gasteiger partial charge >= 0.3 is 0 Å². The number of carbonyl (C=O) groups is 1. The number of rotatable bonds is 4. The standard InChI is InChI=1S/C21H20N6O2/c22-20(28)14-3-6-17-16(11-14)19(26-25-17)21-23-12-18(24-21)13-1-4-15(5-2-13)27-7-9-29-10-8-27/h1-6,11-12H,7-10H2,(H2,22,28)(H,23,24)(H,25,26). The third-order valence-corrected chi connectivity index (χ3v) is 5.20. The molecule has 0 aliphatic carbocycles. The number of nitrogens with one attached hydrogen (secondary N) is 2. The number of imidazole rings is 1. The van der Waals surface area contributed by atoms with Gasteiger partial charge in [0.1, 0.15) is 5.69 Å². The molecule has 0 saturated carbocycles. The highest BCUT2D eigenvalue weighted by atomic mass is 16.5. The maximum atomic E-state index is 11.5. The number of nitrogens with zero attached hydrogens (tertiary/aromatic N) is 3. The number of benzene rings is 2. The molecule has 8 heteroatoms. The summed E-state index contributed by atoms with van der Waals surface area (Å²) in [6.07, 6.45) is 1.79. The van der Waals surface area contributed by atoms with Gasteiger partial charge in [0, 0.05) is 29.7 Å². The molecule has 0 radical (unpaired) electrons. The molecule has 5 rings (SSSR count). The summed E-state index contributed by atoms with van der Waals surface area (Å²) in [4.78, 5) is 21.6. The van der Waals surface area contributed by atoms with E-state index in [-0.39, 0.29) is 0 Å². The van der Waals surface area contributed by atoms with Gasteiger partial charge in [0.15, 0.2) is 5.82 Å². The molecule has 1 amide bonds. The average Bonchev–Trinajstić information content (AvgIpc) is 3.41. The molecular weight excluding hydrogens is 368 g/mol. The number of aromatic nitrogens is 4. The number of hydrogen-bond donors (Lipinski definition) is 3. The highest BCUT2D eigenvalue weighted by molar-refractivity contribution is 6.00. The Morgan fingerprint density at radius 2 is 1.90 bits per heavy atom. The van der Waals surface area contributed by atoms with E-state index < -0.39 is 5.91 Å². The monoisotopic (exact) mass is 388 g/mol. The molecule has 4 aromatic rings. The molecular formula is C21H20N6O2. The quantitative estimate of drug-likeness (QED) is 0.497. The number of carbonyl (C=O) groups excluding carboxylic acids is 1. The van der Waals surface area contributed by atoms with Gasteiger partial charge in [0.2, 0.25) is 5.91 Å². The van der Waals surface area contributed by atoms with Crippen LogP contribution in [0.2, 0.25) is 0 Å². The number of amides is 1. The van der Waals surface area contributed by atoms with Crippen LogP contribution < -0.4 is 10.6 Å². The number of ether oxygens (including phenoxy) is 1. The van der Waals surface area contributed by atoms with Gasteiger partial charge in [-0.1, -0.05) is 12.1 Å². The van der Waals surface area contributed by atoms with Crippen LogP contribution in [0.15, 0.2) is 48.7 Å². The van der Waals surface area contributed by atoms with Crippen molar-refractivity contribution in [3.05, 3.63) is 54.2 Å². The fourth-order valence-corrected chi connectivity index (χ4v) is 3.61. The topological polar surface area (TPSA) is 113 Å². The number of anilines is 1. The minimum absolute atomic E-state index is 0.436. The number of fused-ring (bicyclic) bond motifs is 1. The lowest BCUT2D eigenvalue weighted by Gasteiger charge is -2.28. The van der Waals surface area contributed by atoms with Crippen molar-refractivity contribution in [2.45, 2.75) is 0 Å². The minimum Gasteiger partial charge on any atom is -0.378 e. The van der Waals surface area contributed by atoms with Gasteiger partial charge in [-0.05, 0) is 35.9 Å². The summed E-state index contributed by atoms with van der Waals surface area (Å²) in [5.74, 6) is 0.157. The summed E-state index contributed by atoms with van der Waals surface area (Å²) < 4.78 is 5.41. The van der Waals surface area contributed by atoms with Crippen LogP contribution in [0.5, 0.6) is 0 Å². The van der Waals surface area contributed by atoms with E-state index in [1.807, 2.05) is 0 Å². The maximum Gasteiger partial charge on any atom is 0.248 e. The van der Waals surface area contributed by atoms with E-state index >= 15 is 0 Å². The minimum atomic E-state index is -0.473. The number of H-pyrrole nitrogens is 2. The summed E-state index contributed by atoms with van der Waals surface area (Å²) >= 11 is 0. The molecule has 1 aliphatic rings. The van der Waals surface area contributed by atoms with E-state index in [0.29, 0.717) is 17.1 Å². The fraction of sp³-hybridized carbons (Fsp3) is 0.190. The second-order valence-corrected chi connectivity index (χ2v) is 6.99. The van der Waals surface area contributed by atoms with Crippen molar-refractivity contribution in [1.29, 1.82) is 0 Å². The Morgan fingerprint density at radius 3 is 2.66 bits per heavy atom. The highest BCUT2D eigenvalue weighted by Crippen LogP contribution is 2.28. The smallest absolute Gasteiger partial charge is 0.248 e. The van der Waals surface area contributed by atoms with Crippen molar-refractivity contribution in [1.82, 2.24) is 20.2 Å². The predicted octanol–water partition coefficient (Wildman–Crippen LogP) is 2.56. The maximum absolute atomic E-state index is 11.5. The molecule has 29 heavy (non-hydrogen) atoms. The Hall–Kier alpha value is -3.65. The molecule has 0 unspecified atom stereocenters. The first kappa shape index (κ1) is 17.4. The lowest BCUT2D eigenvalue weighted by Crippen LogP contribution is -2.36. The number of nitrogens with two attached hydrogens (primary N) is 1. The van der Waals surface area contributed by atoms with Gasteiger partial charge < -0.3 is 20.4 Å². The second kappa shape index (κ2) is 7.06. The first-order valence-electron chi connectivity index (χ1n) is 9.45. The number of aromatic amines is 2. The SMILES string of the molecule is NC(=O)c1ccc2[nH]nc(-c3ncc(-c4ccc(N5CCOCC5)cc4)[nH]3)c2c1. The van der Waals surface area contributed by atoms with Gasteiger partial charge in [-0.15, -0.1) is 0 Å². The Bertz CT molecular complexity index is 1170. The third kappa shape index (κ3) is 3.23. The van der Waals surface area contributed by atoms with Crippen LogP contribution in [0.4, 0.5) is 5.69 Å². The Morgan fingerprint density at radius 1 is 1.10 bits per heavy atom. The number of morpholine rings is 1. The van der Waals surface area contributed by atoms with Crippen molar-refractivity contribution < 1.29 is 9.53 Å². The first-order valence-corrected chi connectivity index (χ1v) is 9.45. The van der Waals surface area contributed by atoms with Crippen LogP contribution in [-0.4, -0.2) is 52.4 Å². The van der Waals surface area contributed by atoms with Crippen LogP contribution in [0.1, 0.15) is 10.4 Å². The molecule has 8 nitrogen and oxygen atoms in total. The molecule has 3 heterocycles. The second-order valence-electron chi connectivity index (χ2n) is 6.99. The normalized spacial score (nSPS) is 14.4. The zero-order valence-electron chi connectivity index (χ0n) is 15.7. The molecule has 2 aromatic carbocycles. The van der Waals surface area contributed by atoms with Gasteiger partial charge in [-0.2, -0.15) is 5.10 Å². The summed E-state index contributed by atoms with van der Waals surface area (Å²) in [6, 6.07) is 13.6. The molecule has 0 bridgehead atoms. The molecule has 0 spiro atoms. The molecule has 146 valence electrons. The van der Waals surface area contributed by atoms with E-state index in [1.54, 1.807) is 24.4 Å². The zero-order chi connectivity index (χ0) is 19.8. The largest absolute Gasteiger partial charge is 0.378 e. The molecule has 0 atom stereocenters. The highest BCUT2D eigenvalue weighted by Gasteiger charge is 2.15. The average molecular weight is 388 g/mol. The van der Waals surface area contributed by atoms with Crippen molar-refractivity contribution >= 4 is 22.5 Å². The van der Waals surface area contributed by atoms with Gasteiger partial charge in [-0.3, -0.25) is 9.89 Å². The van der Waals surface area contributed by atoms with Crippen LogP contribution in [-0.2, 0) is 4.74 Å². The molecule has 4 N–H and O–H groups in total. The molecule has 2 aromatic heterocycles. The summed E-state index contributed by atoms with van der Waals surface area (Å²) in [5, 5.41) is 8.12. The van der Waals surface area contributed by atoms with Crippen molar-refractivity contribution in [3.8, 4) is 22.8 Å². The van der Waals surface area contributed by atoms with E-state index in [0.717, 1.165) is 48.5 Å². The molecule has 1 fully saturated rings. The van der Waals surface area contributed by atoms with Crippen LogP contribution >= 0.6 is 0 Å². The van der Waals surface area contributed by atoms with Crippen molar-refractivity contribution in [2.75, 3.05) is 31.2 Å². The van der Waals surface area contributed by atoms with E-state index in [9.17, 15) is 4.79 Å². The van der Waals surface area contributed by atoms with Gasteiger partial charge in [0.25, 0.3) is 0 Å². The number of hydrogen-bond acceptors (Lipinski definition) is 5. The predicted molar refractivity (Wildman–Crippen MR) is 111 cm³/mol. The number of primary amides is 1. The van der Waals surface area contributed by atoms with E-state index in [4.69, 9.17) is 10.5 Å².